The van der Waals surface area contributed by atoms with Gasteiger partial charge in [-0.3, -0.25) is 10.1 Å². The van der Waals surface area contributed by atoms with E-state index in [1.165, 1.54) is 0 Å². The van der Waals surface area contributed by atoms with Crippen LogP contribution in [0.25, 0.3) is 0 Å². The van der Waals surface area contributed by atoms with E-state index in [4.69, 9.17) is 0 Å². The fraction of sp³-hybridized carbons (Fsp3) is 0.467. The van der Waals surface area contributed by atoms with E-state index >= 15 is 0 Å². The highest BCUT2D eigenvalue weighted by Gasteiger charge is 2.12. The number of rotatable bonds is 10. The third kappa shape index (κ3) is 6.84. The third-order valence-electron chi connectivity index (χ3n) is 2.64. The van der Waals surface area contributed by atoms with Gasteiger partial charge in [0.05, 0.1) is 4.92 Å². The quantitative estimate of drug-likeness (QED) is 0.183. The summed E-state index contributed by atoms with van der Waals surface area (Å²) in [4.78, 5) is 10.6. The highest BCUT2D eigenvalue weighted by molar-refractivity contribution is 5.27. The van der Waals surface area contributed by atoms with Crippen molar-refractivity contribution in [2.24, 2.45) is 0 Å². The summed E-state index contributed by atoms with van der Waals surface area (Å²) < 4.78 is 0. The summed E-state index contributed by atoms with van der Waals surface area (Å²) in [5.74, 6) is 0. The molecule has 0 N–H and O–H groups in total. The predicted molar refractivity (Wildman–Crippen MR) is 76.9 cm³/mol. The molecule has 0 fully saturated rings. The van der Waals surface area contributed by atoms with Gasteiger partial charge in [0, 0.05) is 11.6 Å². The van der Waals surface area contributed by atoms with Gasteiger partial charge in [-0.15, -0.1) is 6.58 Å². The van der Waals surface area contributed by atoms with Gasteiger partial charge in [0.25, 0.3) is 5.70 Å². The van der Waals surface area contributed by atoms with E-state index in [9.17, 15) is 10.1 Å². The third-order valence-corrected chi connectivity index (χ3v) is 2.64. The number of unbranched alkanes of at least 4 members (excludes halogenated alkanes) is 3. The molecule has 0 aromatic carbocycles. The van der Waals surface area contributed by atoms with Crippen LogP contribution in [0.15, 0.2) is 48.7 Å². The van der Waals surface area contributed by atoms with Crippen LogP contribution in [0.4, 0.5) is 0 Å². The molecule has 100 valence electrons. The molecule has 18 heavy (non-hydrogen) atoms. The molecule has 0 amide bonds. The van der Waals surface area contributed by atoms with Gasteiger partial charge in [0.1, 0.15) is 0 Å². The van der Waals surface area contributed by atoms with Gasteiger partial charge in [0.2, 0.25) is 0 Å². The standard InChI is InChI=1S/C15H23NO2/c1-4-7-9-10-11-12-14(6-3)15(16(17)18)13-8-5-2/h4,6,8,13H,1,3,5,7,9-12H2,2H3/b13-8-,15-14-. The smallest absolute Gasteiger partial charge is 0.258 e. The summed E-state index contributed by atoms with van der Waals surface area (Å²) in [6, 6.07) is 0. The molecule has 3 nitrogen and oxygen atoms in total. The predicted octanol–water partition coefficient (Wildman–Crippen LogP) is 4.81. The average Bonchev–Trinajstić information content (AvgIpc) is 2.36. The van der Waals surface area contributed by atoms with Crippen LogP contribution in [-0.4, -0.2) is 4.92 Å². The SMILES string of the molecule is C=CCCCCC/C(C=C)=C(/C=C\CC)[N+](=O)[O-]. The van der Waals surface area contributed by atoms with Crippen LogP contribution < -0.4 is 0 Å². The number of nitro groups is 1. The molecule has 0 saturated carbocycles. The molecular formula is C15H23NO2. The maximum absolute atomic E-state index is 11.0. The molecule has 0 radical (unpaired) electrons. The second-order valence-corrected chi connectivity index (χ2v) is 4.07. The van der Waals surface area contributed by atoms with Crippen molar-refractivity contribution < 1.29 is 4.92 Å². The molecule has 0 bridgehead atoms. The lowest BCUT2D eigenvalue weighted by molar-refractivity contribution is -0.420. The normalized spacial score (nSPS) is 12.3. The molecule has 0 aliphatic rings. The van der Waals surface area contributed by atoms with Gasteiger partial charge in [-0.1, -0.05) is 38.2 Å². The van der Waals surface area contributed by atoms with Gasteiger partial charge in [-0.25, -0.2) is 0 Å². The van der Waals surface area contributed by atoms with Crippen LogP contribution in [0.5, 0.6) is 0 Å². The second-order valence-electron chi connectivity index (χ2n) is 4.07. The summed E-state index contributed by atoms with van der Waals surface area (Å²) in [6.07, 6.45) is 12.5. The maximum atomic E-state index is 11.0. The van der Waals surface area contributed by atoms with Crippen LogP contribution in [-0.2, 0) is 0 Å². The lowest BCUT2D eigenvalue weighted by atomic mass is 10.0. The number of nitrogens with zero attached hydrogens (tertiary/aromatic N) is 1. The fourth-order valence-electron chi connectivity index (χ4n) is 1.63. The zero-order valence-electron chi connectivity index (χ0n) is 11.2. The molecule has 0 heterocycles. The molecule has 0 aliphatic heterocycles. The molecule has 0 aromatic heterocycles. The monoisotopic (exact) mass is 249 g/mol. The Balaban J connectivity index is 4.55. The van der Waals surface area contributed by atoms with Gasteiger partial charge < -0.3 is 0 Å². The number of allylic oxidation sites excluding steroid dienone is 5. The Morgan fingerprint density at radius 2 is 2.00 bits per heavy atom. The Bertz CT molecular complexity index is 340. The Morgan fingerprint density at radius 3 is 2.50 bits per heavy atom. The maximum Gasteiger partial charge on any atom is 0.272 e. The van der Waals surface area contributed by atoms with E-state index in [0.29, 0.717) is 6.42 Å². The van der Waals surface area contributed by atoms with Gasteiger partial charge in [-0.05, 0) is 32.1 Å². The summed E-state index contributed by atoms with van der Waals surface area (Å²) in [5, 5.41) is 11.0. The first-order valence-corrected chi connectivity index (χ1v) is 6.44. The van der Waals surface area contributed by atoms with E-state index in [1.54, 1.807) is 18.2 Å². The van der Waals surface area contributed by atoms with Gasteiger partial charge >= 0.3 is 0 Å². The second kappa shape index (κ2) is 10.5. The Hall–Kier alpha value is -1.64. The average molecular weight is 249 g/mol. The first-order valence-electron chi connectivity index (χ1n) is 6.44. The van der Waals surface area contributed by atoms with Crippen molar-refractivity contribution in [3.8, 4) is 0 Å². The summed E-state index contributed by atoms with van der Waals surface area (Å²) in [6.45, 7) is 9.30. The van der Waals surface area contributed by atoms with E-state index in [-0.39, 0.29) is 10.6 Å². The minimum absolute atomic E-state index is 0.176. The summed E-state index contributed by atoms with van der Waals surface area (Å²) in [5.41, 5.74) is 0.902. The molecule has 3 heteroatoms. The largest absolute Gasteiger partial charge is 0.272 e. The van der Waals surface area contributed by atoms with Crippen LogP contribution in [0.3, 0.4) is 0 Å². The van der Waals surface area contributed by atoms with Crippen LogP contribution >= 0.6 is 0 Å². The van der Waals surface area contributed by atoms with Crippen molar-refractivity contribution in [3.63, 3.8) is 0 Å². The number of hydrogen-bond acceptors (Lipinski definition) is 2. The highest BCUT2D eigenvalue weighted by Crippen LogP contribution is 2.17. The zero-order valence-corrected chi connectivity index (χ0v) is 11.2. The Kier molecular flexibility index (Phi) is 9.55. The van der Waals surface area contributed by atoms with Crippen molar-refractivity contribution in [1.29, 1.82) is 0 Å². The molecule has 0 aromatic rings. The molecule has 0 spiro atoms. The lowest BCUT2D eigenvalue weighted by Crippen LogP contribution is -2.00. The molecule has 0 aliphatic carbocycles. The van der Waals surface area contributed by atoms with E-state index < -0.39 is 0 Å². The van der Waals surface area contributed by atoms with E-state index in [1.807, 2.05) is 13.0 Å². The van der Waals surface area contributed by atoms with Crippen LogP contribution in [0.2, 0.25) is 0 Å². The van der Waals surface area contributed by atoms with E-state index in [2.05, 4.69) is 13.2 Å². The molecule has 0 unspecified atom stereocenters. The fourth-order valence-corrected chi connectivity index (χ4v) is 1.63. The van der Waals surface area contributed by atoms with Crippen LogP contribution in [0, 0.1) is 10.1 Å². The minimum atomic E-state index is -0.326. The van der Waals surface area contributed by atoms with Gasteiger partial charge in [0.15, 0.2) is 0 Å². The summed E-state index contributed by atoms with van der Waals surface area (Å²) >= 11 is 0. The number of hydrogen-bond donors (Lipinski definition) is 0. The van der Waals surface area contributed by atoms with Crippen molar-refractivity contribution in [2.75, 3.05) is 0 Å². The minimum Gasteiger partial charge on any atom is -0.258 e. The van der Waals surface area contributed by atoms with Gasteiger partial charge in [-0.2, -0.15) is 0 Å². The highest BCUT2D eigenvalue weighted by atomic mass is 16.6. The van der Waals surface area contributed by atoms with E-state index in [0.717, 1.165) is 37.7 Å². The molecular weight excluding hydrogens is 226 g/mol. The molecule has 0 saturated heterocycles. The topological polar surface area (TPSA) is 43.1 Å². The Labute approximate surface area is 110 Å². The van der Waals surface area contributed by atoms with Crippen molar-refractivity contribution in [2.45, 2.75) is 45.4 Å². The zero-order chi connectivity index (χ0) is 13.8. The Morgan fingerprint density at radius 1 is 1.28 bits per heavy atom. The van der Waals surface area contributed by atoms with Crippen molar-refractivity contribution in [1.82, 2.24) is 0 Å². The van der Waals surface area contributed by atoms with Crippen LogP contribution in [0.1, 0.15) is 45.4 Å². The molecule has 0 rings (SSSR count). The first kappa shape index (κ1) is 16.4. The lowest BCUT2D eigenvalue weighted by Gasteiger charge is -2.02. The first-order chi connectivity index (χ1) is 8.67. The summed E-state index contributed by atoms with van der Waals surface area (Å²) in [7, 11) is 0. The van der Waals surface area contributed by atoms with Crippen molar-refractivity contribution >= 4 is 0 Å². The van der Waals surface area contributed by atoms with Crippen molar-refractivity contribution in [3.05, 3.63) is 58.8 Å². The molecule has 0 atom stereocenters.